The topological polar surface area (TPSA) is 32.9 Å². The van der Waals surface area contributed by atoms with E-state index in [1.54, 1.807) is 6.20 Å². The van der Waals surface area contributed by atoms with Gasteiger partial charge in [0.25, 0.3) is 3.79 Å². The number of carbonyl (C=O) groups is 1. The second-order valence-electron chi connectivity index (χ2n) is 3.53. The lowest BCUT2D eigenvalue weighted by molar-refractivity contribution is 0.0998. The third-order valence-corrected chi connectivity index (χ3v) is 2.93. The maximum absolute atomic E-state index is 11.9. The molecule has 0 aliphatic rings. The van der Waals surface area contributed by atoms with E-state index in [2.05, 4.69) is 4.98 Å². The number of aromatic amines is 1. The minimum Gasteiger partial charge on any atom is -0.360 e. The Hall–Kier alpha value is -0.700. The second kappa shape index (κ2) is 3.95. The van der Waals surface area contributed by atoms with Crippen LogP contribution in [-0.2, 0) is 0 Å². The van der Waals surface area contributed by atoms with Crippen molar-refractivity contribution in [2.75, 3.05) is 0 Å². The fourth-order valence-electron chi connectivity index (χ4n) is 1.70. The molecule has 0 unspecified atom stereocenters. The highest BCUT2D eigenvalue weighted by atomic mass is 35.6. The van der Waals surface area contributed by atoms with Crippen molar-refractivity contribution < 1.29 is 4.79 Å². The summed E-state index contributed by atoms with van der Waals surface area (Å²) >= 11 is 16.8. The Bertz CT molecular complexity index is 554. The zero-order chi connectivity index (χ0) is 11.9. The Labute approximate surface area is 107 Å². The maximum atomic E-state index is 11.9. The monoisotopic (exact) mass is 275 g/mol. The number of benzene rings is 1. The van der Waals surface area contributed by atoms with E-state index in [0.29, 0.717) is 5.56 Å². The van der Waals surface area contributed by atoms with Crippen LogP contribution in [0.2, 0.25) is 0 Å². The lowest BCUT2D eigenvalue weighted by atomic mass is 10.1. The lowest BCUT2D eigenvalue weighted by Crippen LogP contribution is -2.18. The van der Waals surface area contributed by atoms with E-state index in [4.69, 9.17) is 34.8 Å². The van der Waals surface area contributed by atoms with Crippen LogP contribution in [0.15, 0.2) is 24.4 Å². The molecule has 2 aromatic rings. The normalized spacial score (nSPS) is 12.0. The molecule has 0 radical (unpaired) electrons. The predicted molar refractivity (Wildman–Crippen MR) is 67.7 cm³/mol. The molecule has 0 atom stereocenters. The molecule has 1 N–H and O–H groups in total. The highest BCUT2D eigenvalue weighted by Crippen LogP contribution is 2.33. The van der Waals surface area contributed by atoms with Crippen LogP contribution >= 0.6 is 34.8 Å². The van der Waals surface area contributed by atoms with Crippen molar-refractivity contribution in [2.45, 2.75) is 10.7 Å². The quantitative estimate of drug-likeness (QED) is 0.619. The van der Waals surface area contributed by atoms with Crippen LogP contribution in [0.5, 0.6) is 0 Å². The number of H-pyrrole nitrogens is 1. The van der Waals surface area contributed by atoms with Gasteiger partial charge in [-0.3, -0.25) is 4.79 Å². The SMILES string of the molecule is Cc1cccc2[nH]cc(C(=O)C(Cl)(Cl)Cl)c12. The molecule has 2 nitrogen and oxygen atoms in total. The van der Waals surface area contributed by atoms with Gasteiger partial charge in [-0.1, -0.05) is 46.9 Å². The summed E-state index contributed by atoms with van der Waals surface area (Å²) in [6.45, 7) is 1.91. The first kappa shape index (κ1) is 11.8. The molecule has 1 aromatic heterocycles. The van der Waals surface area contributed by atoms with Crippen LogP contribution in [0.4, 0.5) is 0 Å². The van der Waals surface area contributed by atoms with Crippen LogP contribution in [0.3, 0.4) is 0 Å². The van der Waals surface area contributed by atoms with Gasteiger partial charge in [0.15, 0.2) is 0 Å². The molecule has 84 valence electrons. The van der Waals surface area contributed by atoms with Crippen molar-refractivity contribution in [1.29, 1.82) is 0 Å². The second-order valence-corrected chi connectivity index (χ2v) is 5.81. The number of aromatic nitrogens is 1. The van der Waals surface area contributed by atoms with Gasteiger partial charge in [-0.25, -0.2) is 0 Å². The summed E-state index contributed by atoms with van der Waals surface area (Å²) in [4.78, 5) is 14.9. The fourth-order valence-corrected chi connectivity index (χ4v) is 2.00. The highest BCUT2D eigenvalue weighted by molar-refractivity contribution is 6.77. The Kier molecular flexibility index (Phi) is 2.91. The number of Topliss-reactive ketones (excluding diaryl/α,β-unsaturated/α-hetero) is 1. The van der Waals surface area contributed by atoms with Crippen molar-refractivity contribution in [3.05, 3.63) is 35.5 Å². The van der Waals surface area contributed by atoms with E-state index in [-0.39, 0.29) is 0 Å². The van der Waals surface area contributed by atoms with Gasteiger partial charge >= 0.3 is 0 Å². The van der Waals surface area contributed by atoms with Gasteiger partial charge in [0.1, 0.15) is 0 Å². The summed E-state index contributed by atoms with van der Waals surface area (Å²) in [5.74, 6) is -0.516. The summed E-state index contributed by atoms with van der Waals surface area (Å²) in [5, 5.41) is 0.804. The van der Waals surface area contributed by atoms with Gasteiger partial charge in [-0.15, -0.1) is 0 Å². The van der Waals surface area contributed by atoms with Crippen LogP contribution < -0.4 is 0 Å². The third-order valence-electron chi connectivity index (χ3n) is 2.42. The number of hydrogen-bond acceptors (Lipinski definition) is 1. The van der Waals surface area contributed by atoms with Gasteiger partial charge < -0.3 is 4.98 Å². The van der Waals surface area contributed by atoms with Crippen LogP contribution in [-0.4, -0.2) is 14.6 Å². The van der Waals surface area contributed by atoms with E-state index in [9.17, 15) is 4.79 Å². The minimum atomic E-state index is -1.92. The smallest absolute Gasteiger partial charge is 0.253 e. The molecule has 0 fully saturated rings. The van der Waals surface area contributed by atoms with Gasteiger partial charge in [-0.05, 0) is 18.6 Å². The first-order valence-corrected chi connectivity index (χ1v) is 5.73. The van der Waals surface area contributed by atoms with Gasteiger partial charge in [0.2, 0.25) is 5.78 Å². The molecule has 0 spiro atoms. The zero-order valence-electron chi connectivity index (χ0n) is 8.35. The summed E-state index contributed by atoms with van der Waals surface area (Å²) in [5.41, 5.74) is 2.24. The molecule has 5 heteroatoms. The molecule has 0 saturated carbocycles. The molecule has 1 aromatic carbocycles. The summed E-state index contributed by atoms with van der Waals surface area (Å²) in [7, 11) is 0. The molecular weight excluding hydrogens is 268 g/mol. The number of aryl methyl sites for hydroxylation is 1. The number of rotatable bonds is 1. The number of hydrogen-bond donors (Lipinski definition) is 1. The largest absolute Gasteiger partial charge is 0.360 e. The van der Waals surface area contributed by atoms with Crippen LogP contribution in [0, 0.1) is 6.92 Å². The maximum Gasteiger partial charge on any atom is 0.253 e. The predicted octanol–water partition coefficient (Wildman–Crippen LogP) is 4.03. The van der Waals surface area contributed by atoms with Gasteiger partial charge in [-0.2, -0.15) is 0 Å². The number of nitrogens with one attached hydrogen (secondary N) is 1. The first-order chi connectivity index (χ1) is 7.41. The van der Waals surface area contributed by atoms with Gasteiger partial charge in [0.05, 0.1) is 0 Å². The standard InChI is InChI=1S/C11H8Cl3NO/c1-6-3-2-4-8-9(6)7(5-15-8)10(16)11(12,13)14/h2-5,15H,1H3. The Morgan fingerprint density at radius 3 is 2.62 bits per heavy atom. The molecule has 16 heavy (non-hydrogen) atoms. The average molecular weight is 277 g/mol. The molecule has 0 bridgehead atoms. The Morgan fingerprint density at radius 2 is 2.00 bits per heavy atom. The van der Waals surface area contributed by atoms with Crippen molar-refractivity contribution in [3.8, 4) is 0 Å². The zero-order valence-corrected chi connectivity index (χ0v) is 10.6. The van der Waals surface area contributed by atoms with E-state index >= 15 is 0 Å². The summed E-state index contributed by atoms with van der Waals surface area (Å²) in [6.07, 6.45) is 1.57. The van der Waals surface area contributed by atoms with E-state index in [1.807, 2.05) is 25.1 Å². The molecule has 0 amide bonds. The van der Waals surface area contributed by atoms with Gasteiger partial charge in [0, 0.05) is 22.7 Å². The molecular formula is C11H8Cl3NO. The number of fused-ring (bicyclic) bond motifs is 1. The van der Waals surface area contributed by atoms with Crippen molar-refractivity contribution in [1.82, 2.24) is 4.98 Å². The molecule has 1 heterocycles. The molecule has 0 saturated heterocycles. The fraction of sp³-hybridized carbons (Fsp3) is 0.182. The minimum absolute atomic E-state index is 0.410. The lowest BCUT2D eigenvalue weighted by Gasteiger charge is -2.08. The Balaban J connectivity index is 2.67. The Morgan fingerprint density at radius 1 is 1.31 bits per heavy atom. The highest BCUT2D eigenvalue weighted by Gasteiger charge is 2.33. The number of halogens is 3. The van der Waals surface area contributed by atoms with Crippen molar-refractivity contribution in [3.63, 3.8) is 0 Å². The van der Waals surface area contributed by atoms with E-state index in [1.165, 1.54) is 0 Å². The summed E-state index contributed by atoms with van der Waals surface area (Å²) < 4.78 is -1.92. The first-order valence-electron chi connectivity index (χ1n) is 4.59. The van der Waals surface area contributed by atoms with Crippen molar-refractivity contribution in [2.24, 2.45) is 0 Å². The average Bonchev–Trinajstić information content (AvgIpc) is 2.60. The molecule has 2 rings (SSSR count). The summed E-state index contributed by atoms with van der Waals surface area (Å²) in [6, 6.07) is 5.68. The molecule has 0 aliphatic carbocycles. The number of ketones is 1. The van der Waals surface area contributed by atoms with Crippen LogP contribution in [0.25, 0.3) is 10.9 Å². The number of carbonyl (C=O) groups excluding carboxylic acids is 1. The van der Waals surface area contributed by atoms with E-state index < -0.39 is 9.58 Å². The van der Waals surface area contributed by atoms with Crippen molar-refractivity contribution >= 4 is 51.5 Å². The number of alkyl halides is 3. The third kappa shape index (κ3) is 1.93. The molecule has 0 aliphatic heterocycles. The van der Waals surface area contributed by atoms with Crippen LogP contribution in [0.1, 0.15) is 15.9 Å². The van der Waals surface area contributed by atoms with E-state index in [0.717, 1.165) is 16.5 Å².